The third kappa shape index (κ3) is 4.91. The Morgan fingerprint density at radius 1 is 0.955 bits per heavy atom. The van der Waals surface area contributed by atoms with Gasteiger partial charge >= 0.3 is 11.9 Å². The second kappa shape index (κ2) is 8.87. The van der Waals surface area contributed by atoms with E-state index in [1.54, 1.807) is 20.8 Å². The van der Waals surface area contributed by atoms with Crippen molar-refractivity contribution in [2.45, 2.75) is 34.1 Å². The first-order valence-corrected chi connectivity index (χ1v) is 7.44. The Balaban J connectivity index is 3.03. The number of benzene rings is 1. The molecular formula is C17H23NO4. The molecule has 5 heteroatoms. The lowest BCUT2D eigenvalue weighted by molar-refractivity contribution is -0.146. The molecule has 0 saturated heterocycles. The van der Waals surface area contributed by atoms with E-state index in [2.05, 4.69) is 12.2 Å². The van der Waals surface area contributed by atoms with Crippen molar-refractivity contribution >= 4 is 17.6 Å². The predicted octanol–water partition coefficient (Wildman–Crippen LogP) is 3.06. The van der Waals surface area contributed by atoms with E-state index in [9.17, 15) is 9.59 Å². The first-order chi connectivity index (χ1) is 10.5. The van der Waals surface area contributed by atoms with Crippen LogP contribution in [0.5, 0.6) is 0 Å². The molecule has 0 aliphatic heterocycles. The molecule has 0 bridgehead atoms. The van der Waals surface area contributed by atoms with Crippen molar-refractivity contribution in [2.24, 2.45) is 0 Å². The summed E-state index contributed by atoms with van der Waals surface area (Å²) in [7, 11) is 0. The van der Waals surface area contributed by atoms with E-state index in [0.29, 0.717) is 5.70 Å². The second-order valence-electron chi connectivity index (χ2n) is 4.62. The molecule has 120 valence electrons. The summed E-state index contributed by atoms with van der Waals surface area (Å²) >= 11 is 0. The first kappa shape index (κ1) is 17.8. The lowest BCUT2D eigenvalue weighted by atomic mass is 10.1. The number of ether oxygens (including phenoxy) is 2. The molecular weight excluding hydrogens is 282 g/mol. The van der Waals surface area contributed by atoms with Crippen LogP contribution in [-0.2, 0) is 25.5 Å². The van der Waals surface area contributed by atoms with Gasteiger partial charge in [0.1, 0.15) is 0 Å². The zero-order valence-electron chi connectivity index (χ0n) is 13.6. The number of allylic oxidation sites excluding steroid dienone is 1. The van der Waals surface area contributed by atoms with Crippen molar-refractivity contribution in [3.8, 4) is 0 Å². The number of hydrogen-bond acceptors (Lipinski definition) is 5. The van der Waals surface area contributed by atoms with Gasteiger partial charge in [-0.25, -0.2) is 9.59 Å². The maximum absolute atomic E-state index is 12.0. The summed E-state index contributed by atoms with van der Waals surface area (Å²) in [5.41, 5.74) is 2.30. The average molecular weight is 305 g/mol. The molecule has 22 heavy (non-hydrogen) atoms. The van der Waals surface area contributed by atoms with Crippen LogP contribution in [0.4, 0.5) is 5.69 Å². The molecule has 1 aromatic rings. The summed E-state index contributed by atoms with van der Waals surface area (Å²) in [5.74, 6) is -1.37. The maximum atomic E-state index is 12.0. The van der Waals surface area contributed by atoms with Crippen LogP contribution in [0.25, 0.3) is 0 Å². The van der Waals surface area contributed by atoms with Crippen molar-refractivity contribution in [2.75, 3.05) is 18.5 Å². The molecule has 1 aromatic carbocycles. The molecule has 1 rings (SSSR count). The number of aryl methyl sites for hydroxylation is 1. The van der Waals surface area contributed by atoms with Gasteiger partial charge in [-0.15, -0.1) is 0 Å². The number of carbonyl (C=O) groups excluding carboxylic acids is 2. The second-order valence-corrected chi connectivity index (χ2v) is 4.62. The van der Waals surface area contributed by atoms with E-state index in [-0.39, 0.29) is 18.8 Å². The van der Waals surface area contributed by atoms with E-state index in [1.165, 1.54) is 5.56 Å². The van der Waals surface area contributed by atoms with Crippen molar-refractivity contribution in [1.29, 1.82) is 0 Å². The number of anilines is 1. The number of rotatable bonds is 7. The normalized spacial score (nSPS) is 9.82. The molecule has 0 aliphatic rings. The summed E-state index contributed by atoms with van der Waals surface area (Å²) in [6.45, 7) is 7.49. The minimum absolute atomic E-state index is 0.108. The summed E-state index contributed by atoms with van der Waals surface area (Å²) in [6, 6.07) is 7.78. The number of carbonyl (C=O) groups is 2. The van der Waals surface area contributed by atoms with Crippen LogP contribution in [0, 0.1) is 0 Å². The van der Waals surface area contributed by atoms with E-state index in [1.807, 2.05) is 24.3 Å². The molecule has 0 atom stereocenters. The molecule has 0 aliphatic carbocycles. The Morgan fingerprint density at radius 2 is 1.45 bits per heavy atom. The zero-order valence-corrected chi connectivity index (χ0v) is 13.6. The maximum Gasteiger partial charge on any atom is 0.347 e. The Bertz CT molecular complexity index is 526. The summed E-state index contributed by atoms with van der Waals surface area (Å²) in [6.07, 6.45) is 0.950. The molecule has 0 amide bonds. The molecule has 0 radical (unpaired) electrons. The van der Waals surface area contributed by atoms with E-state index >= 15 is 0 Å². The Labute approximate surface area is 131 Å². The quantitative estimate of drug-likeness (QED) is 0.363. The molecule has 0 spiro atoms. The molecule has 0 fully saturated rings. The minimum atomic E-state index is -0.684. The fraction of sp³-hybridized carbons (Fsp3) is 0.412. The predicted molar refractivity (Wildman–Crippen MR) is 85.4 cm³/mol. The molecule has 0 heterocycles. The monoisotopic (exact) mass is 305 g/mol. The van der Waals surface area contributed by atoms with E-state index < -0.39 is 11.9 Å². The average Bonchev–Trinajstić information content (AvgIpc) is 2.48. The van der Waals surface area contributed by atoms with Crippen molar-refractivity contribution in [1.82, 2.24) is 0 Å². The lowest BCUT2D eigenvalue weighted by Crippen LogP contribution is -2.22. The van der Waals surface area contributed by atoms with Crippen LogP contribution >= 0.6 is 0 Å². The SMILES string of the molecule is CCOC(=O)C(C(=O)OCC)=C(C)Nc1ccc(CC)cc1. The number of hydrogen-bond donors (Lipinski definition) is 1. The van der Waals surface area contributed by atoms with Gasteiger partial charge in [-0.3, -0.25) is 0 Å². The van der Waals surface area contributed by atoms with Gasteiger partial charge in [0.15, 0.2) is 5.57 Å². The van der Waals surface area contributed by atoms with Crippen LogP contribution < -0.4 is 5.32 Å². The van der Waals surface area contributed by atoms with Gasteiger partial charge in [-0.1, -0.05) is 19.1 Å². The lowest BCUT2D eigenvalue weighted by Gasteiger charge is -2.13. The fourth-order valence-corrected chi connectivity index (χ4v) is 1.90. The minimum Gasteiger partial charge on any atom is -0.462 e. The van der Waals surface area contributed by atoms with Gasteiger partial charge in [-0.2, -0.15) is 0 Å². The fourth-order valence-electron chi connectivity index (χ4n) is 1.90. The molecule has 0 unspecified atom stereocenters. The van der Waals surface area contributed by atoms with Crippen LogP contribution in [0.1, 0.15) is 33.3 Å². The van der Waals surface area contributed by atoms with Crippen LogP contribution in [-0.4, -0.2) is 25.2 Å². The number of nitrogens with one attached hydrogen (secondary N) is 1. The Morgan fingerprint density at radius 3 is 1.86 bits per heavy atom. The smallest absolute Gasteiger partial charge is 0.347 e. The first-order valence-electron chi connectivity index (χ1n) is 7.44. The third-order valence-corrected chi connectivity index (χ3v) is 3.03. The Hall–Kier alpha value is -2.30. The van der Waals surface area contributed by atoms with E-state index in [0.717, 1.165) is 12.1 Å². The highest BCUT2D eigenvalue weighted by Crippen LogP contribution is 2.16. The number of esters is 2. The zero-order chi connectivity index (χ0) is 16.5. The Kier molecular flexibility index (Phi) is 7.16. The van der Waals surface area contributed by atoms with Gasteiger partial charge in [0.2, 0.25) is 0 Å². The summed E-state index contributed by atoms with van der Waals surface area (Å²) in [4.78, 5) is 23.9. The highest BCUT2D eigenvalue weighted by atomic mass is 16.6. The van der Waals surface area contributed by atoms with Gasteiger partial charge in [0, 0.05) is 11.4 Å². The van der Waals surface area contributed by atoms with Crippen LogP contribution in [0.2, 0.25) is 0 Å². The summed E-state index contributed by atoms with van der Waals surface area (Å²) in [5, 5.41) is 3.05. The molecule has 0 saturated carbocycles. The van der Waals surface area contributed by atoms with Gasteiger partial charge < -0.3 is 14.8 Å². The summed E-state index contributed by atoms with van der Waals surface area (Å²) < 4.78 is 9.86. The highest BCUT2D eigenvalue weighted by Gasteiger charge is 2.24. The molecule has 0 aromatic heterocycles. The topological polar surface area (TPSA) is 64.6 Å². The van der Waals surface area contributed by atoms with Crippen molar-refractivity contribution < 1.29 is 19.1 Å². The van der Waals surface area contributed by atoms with Crippen molar-refractivity contribution in [3.05, 3.63) is 41.1 Å². The molecule has 1 N–H and O–H groups in total. The largest absolute Gasteiger partial charge is 0.462 e. The van der Waals surface area contributed by atoms with Gasteiger partial charge in [0.25, 0.3) is 0 Å². The standard InChI is InChI=1S/C17H23NO4/c1-5-13-8-10-14(11-9-13)18-12(4)15(16(19)21-6-2)17(20)22-7-3/h8-11,18H,5-7H2,1-4H3. The van der Waals surface area contributed by atoms with Gasteiger partial charge in [-0.05, 0) is 44.9 Å². The highest BCUT2D eigenvalue weighted by molar-refractivity contribution is 6.15. The van der Waals surface area contributed by atoms with Gasteiger partial charge in [0.05, 0.1) is 13.2 Å². The van der Waals surface area contributed by atoms with E-state index in [4.69, 9.17) is 9.47 Å². The van der Waals surface area contributed by atoms with Crippen LogP contribution in [0.15, 0.2) is 35.5 Å². The third-order valence-electron chi connectivity index (χ3n) is 3.03. The van der Waals surface area contributed by atoms with Crippen molar-refractivity contribution in [3.63, 3.8) is 0 Å². The molecule has 5 nitrogen and oxygen atoms in total. The van der Waals surface area contributed by atoms with Crippen LogP contribution in [0.3, 0.4) is 0 Å².